The number of hydrogen-bond donors (Lipinski definition) is 0. The van der Waals surface area contributed by atoms with E-state index in [2.05, 4.69) is 17.1 Å². The molecule has 0 atom stereocenters. The molecule has 0 saturated heterocycles. The van der Waals surface area contributed by atoms with Crippen molar-refractivity contribution >= 4 is 21.6 Å². The second-order valence-electron chi connectivity index (χ2n) is 3.23. The number of nitrogens with zero attached hydrogens (tertiary/aromatic N) is 1. The minimum absolute atomic E-state index is 0.858. The monoisotopic (exact) mass is 191 g/mol. The highest BCUT2D eigenvalue weighted by atomic mass is 32.1. The van der Waals surface area contributed by atoms with E-state index in [0.29, 0.717) is 0 Å². The fourth-order valence-corrected chi connectivity index (χ4v) is 2.39. The summed E-state index contributed by atoms with van der Waals surface area (Å²) in [6.45, 7) is 0.858. The van der Waals surface area contributed by atoms with Crippen LogP contribution in [0.15, 0.2) is 17.6 Å². The summed E-state index contributed by atoms with van der Waals surface area (Å²) in [4.78, 5) is 4.29. The van der Waals surface area contributed by atoms with Gasteiger partial charge in [0.05, 0.1) is 22.3 Å². The number of benzene rings is 1. The largest absolute Gasteiger partial charge is 0.493 e. The average Bonchev–Trinajstić information content (AvgIpc) is 2.61. The first-order valence-electron chi connectivity index (χ1n) is 4.42. The zero-order chi connectivity index (χ0) is 8.67. The number of ether oxygens (including phenoxy) is 1. The van der Waals surface area contributed by atoms with Gasteiger partial charge in [0, 0.05) is 0 Å². The molecule has 2 heterocycles. The Bertz CT molecular complexity index is 409. The molecule has 2 aromatic rings. The van der Waals surface area contributed by atoms with Crippen LogP contribution in [0.5, 0.6) is 5.75 Å². The van der Waals surface area contributed by atoms with Crippen molar-refractivity contribution in [3.8, 4) is 5.75 Å². The van der Waals surface area contributed by atoms with E-state index in [-0.39, 0.29) is 0 Å². The van der Waals surface area contributed by atoms with Crippen molar-refractivity contribution in [2.75, 3.05) is 6.61 Å². The quantitative estimate of drug-likeness (QED) is 0.638. The van der Waals surface area contributed by atoms with Crippen LogP contribution < -0.4 is 4.74 Å². The van der Waals surface area contributed by atoms with Crippen molar-refractivity contribution in [3.63, 3.8) is 0 Å². The molecule has 3 heteroatoms. The Kier molecular flexibility index (Phi) is 1.52. The van der Waals surface area contributed by atoms with Crippen molar-refractivity contribution in [3.05, 3.63) is 23.2 Å². The van der Waals surface area contributed by atoms with Crippen LogP contribution >= 0.6 is 11.3 Å². The zero-order valence-electron chi connectivity index (χ0n) is 7.12. The smallest absolute Gasteiger partial charge is 0.124 e. The van der Waals surface area contributed by atoms with Gasteiger partial charge >= 0.3 is 0 Å². The normalized spacial score (nSPS) is 15.4. The lowest BCUT2D eigenvalue weighted by atomic mass is 10.1. The lowest BCUT2D eigenvalue weighted by Gasteiger charge is -2.16. The lowest BCUT2D eigenvalue weighted by Crippen LogP contribution is -2.07. The first-order chi connectivity index (χ1) is 6.43. The van der Waals surface area contributed by atoms with Crippen molar-refractivity contribution < 1.29 is 4.74 Å². The number of hydrogen-bond acceptors (Lipinski definition) is 3. The van der Waals surface area contributed by atoms with Gasteiger partial charge in [-0.15, -0.1) is 11.3 Å². The number of fused-ring (bicyclic) bond motifs is 2. The second-order valence-corrected chi connectivity index (χ2v) is 4.12. The van der Waals surface area contributed by atoms with Crippen molar-refractivity contribution in [1.29, 1.82) is 0 Å². The molecule has 1 aliphatic heterocycles. The van der Waals surface area contributed by atoms with Gasteiger partial charge in [-0.3, -0.25) is 0 Å². The Labute approximate surface area is 80.2 Å². The minimum Gasteiger partial charge on any atom is -0.493 e. The molecule has 1 aromatic heterocycles. The van der Waals surface area contributed by atoms with E-state index < -0.39 is 0 Å². The third-order valence-corrected chi connectivity index (χ3v) is 3.15. The number of aromatic nitrogens is 1. The van der Waals surface area contributed by atoms with Gasteiger partial charge in [-0.05, 0) is 30.5 Å². The third kappa shape index (κ3) is 1.11. The molecule has 1 aliphatic rings. The summed E-state index contributed by atoms with van der Waals surface area (Å²) in [5.74, 6) is 1.06. The SMILES string of the molecule is c1nc2cc3c(cc2s1)OCCC3. The number of thiazole rings is 1. The fraction of sp³-hybridized carbons (Fsp3) is 0.300. The molecule has 3 rings (SSSR count). The van der Waals surface area contributed by atoms with E-state index in [1.54, 1.807) is 11.3 Å². The van der Waals surface area contributed by atoms with Gasteiger partial charge in [-0.2, -0.15) is 0 Å². The molecule has 0 fully saturated rings. The molecule has 0 unspecified atom stereocenters. The molecule has 66 valence electrons. The molecule has 2 nitrogen and oxygen atoms in total. The molecule has 0 saturated carbocycles. The number of aryl methyl sites for hydroxylation is 1. The molecule has 13 heavy (non-hydrogen) atoms. The Morgan fingerprint density at radius 2 is 2.38 bits per heavy atom. The van der Waals surface area contributed by atoms with Crippen LogP contribution in [0.3, 0.4) is 0 Å². The summed E-state index contributed by atoms with van der Waals surface area (Å²) in [7, 11) is 0. The Morgan fingerprint density at radius 1 is 1.38 bits per heavy atom. The summed E-state index contributed by atoms with van der Waals surface area (Å²) < 4.78 is 6.80. The molecule has 0 N–H and O–H groups in total. The van der Waals surface area contributed by atoms with E-state index in [1.165, 1.54) is 10.3 Å². The first kappa shape index (κ1) is 7.33. The van der Waals surface area contributed by atoms with E-state index >= 15 is 0 Å². The maximum Gasteiger partial charge on any atom is 0.124 e. The van der Waals surface area contributed by atoms with Crippen LogP contribution in [0.1, 0.15) is 12.0 Å². The number of rotatable bonds is 0. The zero-order valence-corrected chi connectivity index (χ0v) is 7.93. The predicted molar refractivity (Wildman–Crippen MR) is 53.4 cm³/mol. The Morgan fingerprint density at radius 3 is 3.38 bits per heavy atom. The van der Waals surface area contributed by atoms with Gasteiger partial charge in [-0.1, -0.05) is 0 Å². The van der Waals surface area contributed by atoms with Gasteiger partial charge in [0.25, 0.3) is 0 Å². The van der Waals surface area contributed by atoms with Crippen molar-refractivity contribution in [2.24, 2.45) is 0 Å². The second kappa shape index (κ2) is 2.70. The van der Waals surface area contributed by atoms with Gasteiger partial charge in [0.15, 0.2) is 0 Å². The highest BCUT2D eigenvalue weighted by Crippen LogP contribution is 2.30. The summed E-state index contributed by atoms with van der Waals surface area (Å²) in [6.07, 6.45) is 2.26. The standard InChI is InChI=1S/C10H9NOS/c1-2-7-4-8-10(13-6-11-8)5-9(7)12-3-1/h4-6H,1-3H2. The summed E-state index contributed by atoms with van der Waals surface area (Å²) in [5, 5.41) is 0. The van der Waals surface area contributed by atoms with Crippen LogP contribution in [0.2, 0.25) is 0 Å². The fourth-order valence-electron chi connectivity index (χ4n) is 1.70. The topological polar surface area (TPSA) is 22.1 Å². The van der Waals surface area contributed by atoms with Crippen LogP contribution in [0.4, 0.5) is 0 Å². The summed E-state index contributed by atoms with van der Waals surface area (Å²) in [5.41, 5.74) is 4.30. The Hall–Kier alpha value is -1.09. The predicted octanol–water partition coefficient (Wildman–Crippen LogP) is 2.62. The van der Waals surface area contributed by atoms with Gasteiger partial charge < -0.3 is 4.74 Å². The van der Waals surface area contributed by atoms with Crippen molar-refractivity contribution in [2.45, 2.75) is 12.8 Å². The van der Waals surface area contributed by atoms with Gasteiger partial charge in [0.1, 0.15) is 5.75 Å². The third-order valence-electron chi connectivity index (χ3n) is 2.36. The van der Waals surface area contributed by atoms with Crippen LogP contribution in [0, 0.1) is 0 Å². The molecule has 0 radical (unpaired) electrons. The average molecular weight is 191 g/mol. The first-order valence-corrected chi connectivity index (χ1v) is 5.30. The van der Waals surface area contributed by atoms with Crippen LogP contribution in [-0.4, -0.2) is 11.6 Å². The Balaban J connectivity index is 2.28. The maximum absolute atomic E-state index is 5.58. The molecule has 1 aromatic carbocycles. The highest BCUT2D eigenvalue weighted by molar-refractivity contribution is 7.16. The van der Waals surface area contributed by atoms with E-state index in [4.69, 9.17) is 4.74 Å². The van der Waals surface area contributed by atoms with Gasteiger partial charge in [0.2, 0.25) is 0 Å². The lowest BCUT2D eigenvalue weighted by molar-refractivity contribution is 0.289. The highest BCUT2D eigenvalue weighted by Gasteiger charge is 2.11. The van der Waals surface area contributed by atoms with E-state index in [1.807, 2.05) is 5.51 Å². The van der Waals surface area contributed by atoms with Crippen LogP contribution in [-0.2, 0) is 6.42 Å². The molecule has 0 spiro atoms. The molecule has 0 bridgehead atoms. The molecular formula is C10H9NOS. The summed E-state index contributed by atoms with van der Waals surface area (Å²) >= 11 is 1.67. The minimum atomic E-state index is 0.858. The van der Waals surface area contributed by atoms with E-state index in [9.17, 15) is 0 Å². The maximum atomic E-state index is 5.58. The molecule has 0 aliphatic carbocycles. The van der Waals surface area contributed by atoms with Crippen LogP contribution in [0.25, 0.3) is 10.2 Å². The van der Waals surface area contributed by atoms with Gasteiger partial charge in [-0.25, -0.2) is 4.98 Å². The molecule has 0 amide bonds. The van der Waals surface area contributed by atoms with Crippen molar-refractivity contribution in [1.82, 2.24) is 4.98 Å². The summed E-state index contributed by atoms with van der Waals surface area (Å²) in [6, 6.07) is 4.27. The van der Waals surface area contributed by atoms with E-state index in [0.717, 1.165) is 30.7 Å². The molecular weight excluding hydrogens is 182 g/mol.